The van der Waals surface area contributed by atoms with Crippen molar-refractivity contribution in [3.8, 4) is 11.4 Å². The second-order valence-electron chi connectivity index (χ2n) is 4.32. The van der Waals surface area contributed by atoms with E-state index in [9.17, 15) is 0 Å². The highest BCUT2D eigenvalue weighted by molar-refractivity contribution is 6.32. The second kappa shape index (κ2) is 6.12. The molecule has 0 N–H and O–H groups in total. The zero-order valence-electron chi connectivity index (χ0n) is 10.8. The SMILES string of the molecule is Clc1ccc(-c2noc(/C=C/c3ccccc3Cl)n2)cc1. The lowest BCUT2D eigenvalue weighted by molar-refractivity contribution is 0.411. The Hall–Kier alpha value is -2.10. The predicted octanol–water partition coefficient (Wildman–Crippen LogP) is 5.21. The molecule has 0 radical (unpaired) electrons. The largest absolute Gasteiger partial charge is 0.334 e. The fourth-order valence-corrected chi connectivity index (χ4v) is 2.12. The van der Waals surface area contributed by atoms with Gasteiger partial charge >= 0.3 is 0 Å². The van der Waals surface area contributed by atoms with Crippen molar-refractivity contribution in [1.82, 2.24) is 10.1 Å². The second-order valence-corrected chi connectivity index (χ2v) is 5.16. The van der Waals surface area contributed by atoms with Crippen LogP contribution in [-0.2, 0) is 0 Å². The maximum atomic E-state index is 6.08. The van der Waals surface area contributed by atoms with Crippen molar-refractivity contribution < 1.29 is 4.52 Å². The lowest BCUT2D eigenvalue weighted by atomic mass is 10.2. The van der Waals surface area contributed by atoms with Crippen molar-refractivity contribution in [3.63, 3.8) is 0 Å². The van der Waals surface area contributed by atoms with Crippen molar-refractivity contribution in [2.45, 2.75) is 0 Å². The third-order valence-corrected chi connectivity index (χ3v) is 3.45. The van der Waals surface area contributed by atoms with Gasteiger partial charge in [-0.2, -0.15) is 4.98 Å². The van der Waals surface area contributed by atoms with Gasteiger partial charge in [0, 0.05) is 21.7 Å². The molecule has 21 heavy (non-hydrogen) atoms. The third-order valence-electron chi connectivity index (χ3n) is 2.85. The van der Waals surface area contributed by atoms with Gasteiger partial charge in [-0.25, -0.2) is 0 Å². The Morgan fingerprint density at radius 1 is 0.905 bits per heavy atom. The molecule has 0 spiro atoms. The summed E-state index contributed by atoms with van der Waals surface area (Å²) in [6.07, 6.45) is 3.56. The summed E-state index contributed by atoms with van der Waals surface area (Å²) < 4.78 is 5.19. The molecule has 5 heteroatoms. The smallest absolute Gasteiger partial charge is 0.250 e. The standard InChI is InChI=1S/C16H10Cl2N2O/c17-13-8-5-12(6-9-13)16-19-15(21-20-16)10-7-11-3-1-2-4-14(11)18/h1-10H/b10-7+. The van der Waals surface area contributed by atoms with Gasteiger partial charge in [-0.15, -0.1) is 0 Å². The molecule has 3 nitrogen and oxygen atoms in total. The van der Waals surface area contributed by atoms with Gasteiger partial charge in [0.05, 0.1) is 0 Å². The first-order valence-corrected chi connectivity index (χ1v) is 7.00. The summed E-state index contributed by atoms with van der Waals surface area (Å²) in [4.78, 5) is 4.30. The quantitative estimate of drug-likeness (QED) is 0.665. The van der Waals surface area contributed by atoms with E-state index in [1.807, 2.05) is 42.5 Å². The van der Waals surface area contributed by atoms with Crippen LogP contribution in [0.5, 0.6) is 0 Å². The highest BCUT2D eigenvalue weighted by Crippen LogP contribution is 2.20. The van der Waals surface area contributed by atoms with Crippen molar-refractivity contribution >= 4 is 35.4 Å². The van der Waals surface area contributed by atoms with Crippen LogP contribution in [0.1, 0.15) is 11.5 Å². The van der Waals surface area contributed by atoms with E-state index in [4.69, 9.17) is 27.7 Å². The number of halogens is 2. The Morgan fingerprint density at radius 2 is 1.67 bits per heavy atom. The van der Waals surface area contributed by atoms with Gasteiger partial charge in [-0.05, 0) is 42.0 Å². The molecule has 0 atom stereocenters. The molecule has 1 aromatic heterocycles. The Morgan fingerprint density at radius 3 is 2.43 bits per heavy atom. The van der Waals surface area contributed by atoms with E-state index in [0.717, 1.165) is 11.1 Å². The van der Waals surface area contributed by atoms with Crippen molar-refractivity contribution in [1.29, 1.82) is 0 Å². The van der Waals surface area contributed by atoms with Crippen LogP contribution in [0.2, 0.25) is 10.0 Å². The van der Waals surface area contributed by atoms with Gasteiger partial charge in [-0.1, -0.05) is 46.6 Å². The lowest BCUT2D eigenvalue weighted by Crippen LogP contribution is -1.80. The zero-order valence-corrected chi connectivity index (χ0v) is 12.3. The average molecular weight is 317 g/mol. The van der Waals surface area contributed by atoms with E-state index < -0.39 is 0 Å². The lowest BCUT2D eigenvalue weighted by Gasteiger charge is -1.94. The number of rotatable bonds is 3. The Labute approximate surface area is 131 Å². The number of hydrogen-bond donors (Lipinski definition) is 0. The monoisotopic (exact) mass is 316 g/mol. The van der Waals surface area contributed by atoms with Crippen LogP contribution in [0.25, 0.3) is 23.5 Å². The van der Waals surface area contributed by atoms with Crippen LogP contribution in [0.3, 0.4) is 0 Å². The molecule has 0 aliphatic carbocycles. The normalized spacial score (nSPS) is 11.1. The maximum Gasteiger partial charge on any atom is 0.250 e. The van der Waals surface area contributed by atoms with Crippen LogP contribution in [-0.4, -0.2) is 10.1 Å². The first kappa shape index (κ1) is 13.9. The average Bonchev–Trinajstić information content (AvgIpc) is 2.96. The molecule has 0 saturated heterocycles. The van der Waals surface area contributed by atoms with Gasteiger partial charge in [0.1, 0.15) is 0 Å². The van der Waals surface area contributed by atoms with E-state index in [1.54, 1.807) is 18.2 Å². The predicted molar refractivity (Wildman–Crippen MR) is 85.1 cm³/mol. The van der Waals surface area contributed by atoms with Gasteiger partial charge in [0.25, 0.3) is 5.89 Å². The van der Waals surface area contributed by atoms with Crippen LogP contribution in [0, 0.1) is 0 Å². The minimum absolute atomic E-state index is 0.417. The first-order valence-electron chi connectivity index (χ1n) is 6.24. The summed E-state index contributed by atoms with van der Waals surface area (Å²) in [5, 5.41) is 5.28. The van der Waals surface area contributed by atoms with E-state index in [2.05, 4.69) is 10.1 Å². The molecule has 0 bridgehead atoms. The van der Waals surface area contributed by atoms with Crippen LogP contribution >= 0.6 is 23.2 Å². The van der Waals surface area contributed by atoms with Gasteiger partial charge < -0.3 is 4.52 Å². The topological polar surface area (TPSA) is 38.9 Å². The first-order chi connectivity index (χ1) is 10.2. The van der Waals surface area contributed by atoms with Gasteiger partial charge in [0.2, 0.25) is 5.82 Å². The van der Waals surface area contributed by atoms with Crippen molar-refractivity contribution in [2.24, 2.45) is 0 Å². The molecule has 104 valence electrons. The van der Waals surface area contributed by atoms with Crippen molar-refractivity contribution in [3.05, 3.63) is 70.0 Å². The third kappa shape index (κ3) is 3.32. The number of hydrogen-bond acceptors (Lipinski definition) is 3. The van der Waals surface area contributed by atoms with Gasteiger partial charge in [0.15, 0.2) is 0 Å². The fraction of sp³-hybridized carbons (Fsp3) is 0. The Balaban J connectivity index is 1.82. The molecule has 0 aliphatic rings. The Bertz CT molecular complexity index is 779. The van der Waals surface area contributed by atoms with E-state index >= 15 is 0 Å². The number of aromatic nitrogens is 2. The highest BCUT2D eigenvalue weighted by Gasteiger charge is 2.06. The molecule has 0 unspecified atom stereocenters. The molecule has 3 rings (SSSR count). The van der Waals surface area contributed by atoms with Crippen LogP contribution in [0.15, 0.2) is 53.1 Å². The maximum absolute atomic E-state index is 6.08. The van der Waals surface area contributed by atoms with E-state index in [-0.39, 0.29) is 0 Å². The summed E-state index contributed by atoms with van der Waals surface area (Å²) in [6, 6.07) is 14.8. The molecular formula is C16H10Cl2N2O. The van der Waals surface area contributed by atoms with Crippen molar-refractivity contribution in [2.75, 3.05) is 0 Å². The molecule has 2 aromatic carbocycles. The summed E-state index contributed by atoms with van der Waals surface area (Å²) in [5.41, 5.74) is 1.74. The zero-order chi connectivity index (χ0) is 14.7. The number of nitrogens with zero attached hydrogens (tertiary/aromatic N) is 2. The van der Waals surface area contributed by atoms with Gasteiger partial charge in [-0.3, -0.25) is 0 Å². The fourth-order valence-electron chi connectivity index (χ4n) is 1.79. The summed E-state index contributed by atoms with van der Waals surface area (Å²) in [5.74, 6) is 0.936. The molecule has 0 saturated carbocycles. The Kier molecular flexibility index (Phi) is 4.04. The molecular weight excluding hydrogens is 307 g/mol. The minimum Gasteiger partial charge on any atom is -0.334 e. The summed E-state index contributed by atoms with van der Waals surface area (Å²) >= 11 is 11.9. The number of benzene rings is 2. The van der Waals surface area contributed by atoms with E-state index in [1.165, 1.54) is 0 Å². The summed E-state index contributed by atoms with van der Waals surface area (Å²) in [7, 11) is 0. The summed E-state index contributed by atoms with van der Waals surface area (Å²) in [6.45, 7) is 0. The highest BCUT2D eigenvalue weighted by atomic mass is 35.5. The van der Waals surface area contributed by atoms with E-state index in [0.29, 0.717) is 21.8 Å². The molecule has 0 aliphatic heterocycles. The molecule has 0 fully saturated rings. The van der Waals surface area contributed by atoms with Crippen LogP contribution in [0.4, 0.5) is 0 Å². The van der Waals surface area contributed by atoms with Crippen LogP contribution < -0.4 is 0 Å². The molecule has 1 heterocycles. The minimum atomic E-state index is 0.417. The molecule has 0 amide bonds. The molecule has 3 aromatic rings.